The molecule has 0 amide bonds. The van der Waals surface area contributed by atoms with E-state index in [-0.39, 0.29) is 30.6 Å². The largest absolute Gasteiger partial charge is 0.469 e. The molecule has 0 heterocycles. The maximum atomic E-state index is 12.5. The lowest BCUT2D eigenvalue weighted by molar-refractivity contribution is -0.149. The summed E-state index contributed by atoms with van der Waals surface area (Å²) in [4.78, 5) is 47.1. The fourth-order valence-corrected chi connectivity index (χ4v) is 3.34. The highest BCUT2D eigenvalue weighted by molar-refractivity contribution is 6.09. The number of rotatable bonds is 13. The van der Waals surface area contributed by atoms with Crippen molar-refractivity contribution in [3.8, 4) is 0 Å². The first-order valence-corrected chi connectivity index (χ1v) is 11.0. The van der Waals surface area contributed by atoms with E-state index in [1.165, 1.54) is 45.3 Å². The Hall–Kier alpha value is -3.00. The van der Waals surface area contributed by atoms with Gasteiger partial charge >= 0.3 is 17.9 Å². The van der Waals surface area contributed by atoms with E-state index in [1.807, 2.05) is 6.92 Å². The number of aliphatic hydroxyl groups excluding tert-OH is 1. The molecule has 0 unspecified atom stereocenters. The first-order chi connectivity index (χ1) is 15.6. The van der Waals surface area contributed by atoms with E-state index < -0.39 is 35.7 Å². The number of ketones is 1. The van der Waals surface area contributed by atoms with Crippen LogP contribution in [0.5, 0.6) is 0 Å². The third kappa shape index (κ3) is 9.99. The zero-order chi connectivity index (χ0) is 24.9. The van der Waals surface area contributed by atoms with Crippen LogP contribution in [0, 0.1) is 0 Å². The second-order valence-corrected chi connectivity index (χ2v) is 7.75. The van der Waals surface area contributed by atoms with Gasteiger partial charge in [-0.15, -0.1) is 0 Å². The van der Waals surface area contributed by atoms with Gasteiger partial charge in [0, 0.05) is 32.3 Å². The fraction of sp³-hybridized carbons (Fsp3) is 0.520. The topological polar surface area (TPSA) is 116 Å². The minimum atomic E-state index is -1.29. The minimum Gasteiger partial charge on any atom is -0.469 e. The number of ether oxygens (including phenoxy) is 3. The second kappa shape index (κ2) is 14.2. The van der Waals surface area contributed by atoms with Gasteiger partial charge < -0.3 is 19.3 Å². The Kier molecular flexibility index (Phi) is 12.1. The number of carbonyl (C=O) groups is 4. The van der Waals surface area contributed by atoms with E-state index in [9.17, 15) is 24.3 Å². The van der Waals surface area contributed by atoms with Gasteiger partial charge in [0.1, 0.15) is 6.10 Å². The van der Waals surface area contributed by atoms with Crippen LogP contribution in [0.3, 0.4) is 0 Å². The smallest absolute Gasteiger partial charge is 0.305 e. The monoisotopic (exact) mass is 462 g/mol. The van der Waals surface area contributed by atoms with Crippen LogP contribution in [-0.2, 0) is 33.4 Å². The van der Waals surface area contributed by atoms with Gasteiger partial charge in [0.2, 0.25) is 0 Å². The fourth-order valence-electron chi connectivity index (χ4n) is 3.34. The molecule has 1 N–H and O–H groups in total. The first-order valence-electron chi connectivity index (χ1n) is 11.0. The molecule has 0 bridgehead atoms. The quantitative estimate of drug-likeness (QED) is 0.192. The van der Waals surface area contributed by atoms with Crippen molar-refractivity contribution in [3.05, 3.63) is 48.1 Å². The number of unbranched alkanes of at least 4 members (excludes halogenated alkanes) is 1. The number of hydrogen-bond donors (Lipinski definition) is 1. The Balaban J connectivity index is 3.08. The van der Waals surface area contributed by atoms with E-state index in [0.29, 0.717) is 6.42 Å². The van der Waals surface area contributed by atoms with E-state index in [0.717, 1.165) is 12.8 Å². The lowest BCUT2D eigenvalue weighted by atomic mass is 9.91. The van der Waals surface area contributed by atoms with Crippen LogP contribution >= 0.6 is 0 Å². The molecule has 182 valence electrons. The normalized spacial score (nSPS) is 21.0. The summed E-state index contributed by atoms with van der Waals surface area (Å²) in [6.45, 7) is 4.55. The van der Waals surface area contributed by atoms with Crippen LogP contribution in [0.4, 0.5) is 0 Å². The summed E-state index contributed by atoms with van der Waals surface area (Å²) in [7, 11) is 1.27. The number of aliphatic hydroxyl groups is 1. The van der Waals surface area contributed by atoms with Crippen molar-refractivity contribution in [2.45, 2.75) is 77.1 Å². The van der Waals surface area contributed by atoms with Crippen LogP contribution in [0.2, 0.25) is 0 Å². The molecule has 33 heavy (non-hydrogen) atoms. The summed E-state index contributed by atoms with van der Waals surface area (Å²) >= 11 is 0. The summed E-state index contributed by atoms with van der Waals surface area (Å²) < 4.78 is 15.3. The number of allylic oxidation sites excluding steroid dienone is 3. The number of esters is 3. The summed E-state index contributed by atoms with van der Waals surface area (Å²) in [5.41, 5.74) is -1.06. The zero-order valence-electron chi connectivity index (χ0n) is 19.7. The maximum Gasteiger partial charge on any atom is 0.305 e. The molecule has 0 aliphatic heterocycles. The molecule has 3 atom stereocenters. The van der Waals surface area contributed by atoms with Gasteiger partial charge in [-0.2, -0.15) is 0 Å². The molecule has 0 saturated carbocycles. The Morgan fingerprint density at radius 3 is 2.48 bits per heavy atom. The summed E-state index contributed by atoms with van der Waals surface area (Å²) in [5.74, 6) is -1.82. The third-order valence-corrected chi connectivity index (χ3v) is 4.95. The van der Waals surface area contributed by atoms with Gasteiger partial charge in [-0.1, -0.05) is 44.1 Å². The number of carbonyl (C=O) groups excluding carboxylic acids is 4. The summed E-state index contributed by atoms with van der Waals surface area (Å²) in [5, 5.41) is 10.0. The zero-order valence-corrected chi connectivity index (χ0v) is 19.7. The average Bonchev–Trinajstić information content (AvgIpc) is 3.04. The van der Waals surface area contributed by atoms with Crippen molar-refractivity contribution < 1.29 is 38.5 Å². The van der Waals surface area contributed by atoms with Crippen LogP contribution in [-0.4, -0.2) is 53.7 Å². The standard InChI is InChI=1S/C25H34O8/c1-5-6-9-20(28)10-8-16-25(33-19(3)27)17-15-23(29)22(25)12-7-11-21(32-18(2)26)13-14-24(30)31-4/h7-8,10-12,15,17,20-21,28H,5-6,9,13-14,16H2,1-4H3/b10-8-,11-7+,22-12-/t20-,21+,25+/m1/s1. The van der Waals surface area contributed by atoms with E-state index >= 15 is 0 Å². The molecule has 0 fully saturated rings. The number of hydrogen-bond acceptors (Lipinski definition) is 8. The SMILES string of the molecule is CCCC[C@@H](O)/C=C\C[C@]1(OC(C)=O)C=CC(=O)/C1=C/C=C/[C@@H](CCC(=O)OC)OC(C)=O. The Morgan fingerprint density at radius 1 is 1.15 bits per heavy atom. The van der Waals surface area contributed by atoms with Gasteiger partial charge in [-0.25, -0.2) is 0 Å². The highest BCUT2D eigenvalue weighted by Crippen LogP contribution is 2.34. The van der Waals surface area contributed by atoms with Crippen molar-refractivity contribution in [1.82, 2.24) is 0 Å². The molecule has 0 aromatic rings. The third-order valence-electron chi connectivity index (χ3n) is 4.95. The van der Waals surface area contributed by atoms with Crippen LogP contribution in [0.1, 0.15) is 59.3 Å². The molecule has 1 aliphatic rings. The van der Waals surface area contributed by atoms with Crippen LogP contribution in [0.15, 0.2) is 48.1 Å². The lowest BCUT2D eigenvalue weighted by Gasteiger charge is -2.27. The summed E-state index contributed by atoms with van der Waals surface area (Å²) in [6.07, 6.45) is 12.4. The first kappa shape index (κ1) is 28.0. The number of methoxy groups -OCH3 is 1. The Bertz CT molecular complexity index is 820. The predicted molar refractivity (Wildman–Crippen MR) is 122 cm³/mol. The Morgan fingerprint density at radius 2 is 1.88 bits per heavy atom. The molecule has 1 aliphatic carbocycles. The lowest BCUT2D eigenvalue weighted by Crippen LogP contribution is -2.33. The molecule has 0 radical (unpaired) electrons. The van der Waals surface area contributed by atoms with Crippen molar-refractivity contribution in [3.63, 3.8) is 0 Å². The van der Waals surface area contributed by atoms with Gasteiger partial charge in [-0.05, 0) is 31.1 Å². The molecule has 0 spiro atoms. The molecule has 0 saturated heterocycles. The molecule has 8 heteroatoms. The van der Waals surface area contributed by atoms with Crippen molar-refractivity contribution in [1.29, 1.82) is 0 Å². The van der Waals surface area contributed by atoms with Gasteiger partial charge in [0.05, 0.1) is 13.2 Å². The highest BCUT2D eigenvalue weighted by atomic mass is 16.6. The Labute approximate surface area is 195 Å². The van der Waals surface area contributed by atoms with E-state index in [4.69, 9.17) is 9.47 Å². The van der Waals surface area contributed by atoms with Gasteiger partial charge in [0.25, 0.3) is 0 Å². The predicted octanol–water partition coefficient (Wildman–Crippen LogP) is 3.29. The average molecular weight is 463 g/mol. The van der Waals surface area contributed by atoms with Crippen molar-refractivity contribution in [2.75, 3.05) is 7.11 Å². The van der Waals surface area contributed by atoms with Crippen molar-refractivity contribution in [2.24, 2.45) is 0 Å². The molecule has 8 nitrogen and oxygen atoms in total. The van der Waals surface area contributed by atoms with Gasteiger partial charge in [0.15, 0.2) is 11.4 Å². The van der Waals surface area contributed by atoms with Crippen LogP contribution in [0.25, 0.3) is 0 Å². The van der Waals surface area contributed by atoms with Crippen molar-refractivity contribution >= 4 is 23.7 Å². The molecule has 0 aromatic carbocycles. The van der Waals surface area contributed by atoms with Crippen LogP contribution < -0.4 is 0 Å². The maximum absolute atomic E-state index is 12.5. The summed E-state index contributed by atoms with van der Waals surface area (Å²) in [6, 6.07) is 0. The second-order valence-electron chi connectivity index (χ2n) is 7.75. The highest BCUT2D eigenvalue weighted by Gasteiger charge is 2.41. The minimum absolute atomic E-state index is 0.0540. The molecule has 1 rings (SSSR count). The van der Waals surface area contributed by atoms with E-state index in [2.05, 4.69) is 4.74 Å². The molecular formula is C25H34O8. The van der Waals surface area contributed by atoms with Gasteiger partial charge in [-0.3, -0.25) is 19.2 Å². The van der Waals surface area contributed by atoms with E-state index in [1.54, 1.807) is 18.2 Å². The molecule has 0 aromatic heterocycles. The molecular weight excluding hydrogens is 428 g/mol.